The van der Waals surface area contributed by atoms with E-state index in [1.54, 1.807) is 0 Å². The van der Waals surface area contributed by atoms with Gasteiger partial charge in [-0.25, -0.2) is 0 Å². The van der Waals surface area contributed by atoms with Crippen LogP contribution in [0.1, 0.15) is 6.92 Å². The average Bonchev–Trinajstić information content (AvgIpc) is 1.90. The first-order valence-corrected chi connectivity index (χ1v) is 3.33. The molecular formula is C7H13NO. The van der Waals surface area contributed by atoms with Crippen molar-refractivity contribution in [3.8, 4) is 0 Å². The summed E-state index contributed by atoms with van der Waals surface area (Å²) in [4.78, 5) is 0. The number of ether oxygens (including phenoxy) is 1. The molecule has 0 amide bonds. The van der Waals surface area contributed by atoms with Crippen LogP contribution in [0.5, 0.6) is 0 Å². The highest BCUT2D eigenvalue weighted by Crippen LogP contribution is 2.08. The maximum atomic E-state index is 5.37. The van der Waals surface area contributed by atoms with Crippen LogP contribution in [-0.4, -0.2) is 19.3 Å². The van der Waals surface area contributed by atoms with Crippen LogP contribution in [0.2, 0.25) is 0 Å². The van der Waals surface area contributed by atoms with Gasteiger partial charge in [-0.2, -0.15) is 0 Å². The van der Waals surface area contributed by atoms with Crippen molar-refractivity contribution < 1.29 is 4.74 Å². The van der Waals surface area contributed by atoms with E-state index in [-0.39, 0.29) is 6.10 Å². The van der Waals surface area contributed by atoms with Crippen molar-refractivity contribution in [2.45, 2.75) is 13.0 Å². The molecule has 0 fully saturated rings. The van der Waals surface area contributed by atoms with Crippen LogP contribution in [-0.2, 0) is 4.74 Å². The molecule has 0 radical (unpaired) electrons. The summed E-state index contributed by atoms with van der Waals surface area (Å²) >= 11 is 0. The fourth-order valence-corrected chi connectivity index (χ4v) is 0.847. The van der Waals surface area contributed by atoms with Crippen LogP contribution >= 0.6 is 0 Å². The molecule has 0 aromatic heterocycles. The summed E-state index contributed by atoms with van der Waals surface area (Å²) in [5, 5.41) is 0. The molecule has 0 bridgehead atoms. The van der Waals surface area contributed by atoms with Crippen molar-refractivity contribution in [2.75, 3.05) is 13.2 Å². The van der Waals surface area contributed by atoms with Crippen molar-refractivity contribution >= 4 is 0 Å². The molecule has 0 saturated heterocycles. The van der Waals surface area contributed by atoms with Crippen molar-refractivity contribution in [1.29, 1.82) is 0 Å². The second kappa shape index (κ2) is 2.99. The van der Waals surface area contributed by atoms with E-state index < -0.39 is 0 Å². The molecule has 2 heteroatoms. The third-order valence-electron chi connectivity index (χ3n) is 1.46. The first-order chi connectivity index (χ1) is 4.33. The van der Waals surface area contributed by atoms with Gasteiger partial charge in [0.25, 0.3) is 0 Å². The Labute approximate surface area is 55.7 Å². The average molecular weight is 127 g/mol. The molecule has 2 N–H and O–H groups in total. The van der Waals surface area contributed by atoms with Gasteiger partial charge in [-0.15, -0.1) is 0 Å². The summed E-state index contributed by atoms with van der Waals surface area (Å²) < 4.78 is 5.33. The summed E-state index contributed by atoms with van der Waals surface area (Å²) in [7, 11) is 0. The van der Waals surface area contributed by atoms with Gasteiger partial charge in [0.2, 0.25) is 0 Å². The molecule has 1 aliphatic heterocycles. The summed E-state index contributed by atoms with van der Waals surface area (Å²) in [6, 6.07) is 0. The third kappa shape index (κ3) is 1.80. The maximum Gasteiger partial charge on any atom is 0.0878 e. The van der Waals surface area contributed by atoms with Crippen molar-refractivity contribution in [1.82, 2.24) is 0 Å². The summed E-state index contributed by atoms with van der Waals surface area (Å²) in [5.41, 5.74) is 5.37. The summed E-state index contributed by atoms with van der Waals surface area (Å²) in [5.74, 6) is 0.563. The van der Waals surface area contributed by atoms with Gasteiger partial charge in [0, 0.05) is 6.54 Å². The minimum absolute atomic E-state index is 0.168. The van der Waals surface area contributed by atoms with E-state index >= 15 is 0 Å². The number of nitrogens with two attached hydrogens (primary N) is 1. The lowest BCUT2D eigenvalue weighted by molar-refractivity contribution is 0.0648. The molecule has 1 heterocycles. The maximum absolute atomic E-state index is 5.37. The largest absolute Gasteiger partial charge is 0.372 e. The summed E-state index contributed by atoms with van der Waals surface area (Å²) in [6.45, 7) is 3.55. The Morgan fingerprint density at radius 1 is 1.67 bits per heavy atom. The molecule has 0 aromatic rings. The molecule has 2 atom stereocenters. The molecule has 0 aromatic carbocycles. The molecule has 0 saturated carbocycles. The zero-order valence-electron chi connectivity index (χ0n) is 5.71. The van der Waals surface area contributed by atoms with Crippen molar-refractivity contribution in [3.63, 3.8) is 0 Å². The molecule has 9 heavy (non-hydrogen) atoms. The first-order valence-electron chi connectivity index (χ1n) is 3.33. The van der Waals surface area contributed by atoms with Gasteiger partial charge in [-0.3, -0.25) is 0 Å². The van der Waals surface area contributed by atoms with Gasteiger partial charge >= 0.3 is 0 Å². The quantitative estimate of drug-likeness (QED) is 0.522. The van der Waals surface area contributed by atoms with Crippen LogP contribution < -0.4 is 5.73 Å². The van der Waals surface area contributed by atoms with Gasteiger partial charge < -0.3 is 10.5 Å². The van der Waals surface area contributed by atoms with E-state index in [4.69, 9.17) is 10.5 Å². The smallest absolute Gasteiger partial charge is 0.0878 e. The van der Waals surface area contributed by atoms with E-state index in [1.165, 1.54) is 0 Å². The lowest BCUT2D eigenvalue weighted by Crippen LogP contribution is -2.26. The SMILES string of the molecule is CC1C=CC(CN)OC1. The van der Waals surface area contributed by atoms with E-state index in [1.807, 2.05) is 6.08 Å². The molecule has 2 nitrogen and oxygen atoms in total. The molecule has 0 spiro atoms. The van der Waals surface area contributed by atoms with Gasteiger partial charge in [0.15, 0.2) is 0 Å². The number of hydrogen-bond acceptors (Lipinski definition) is 2. The fourth-order valence-electron chi connectivity index (χ4n) is 0.847. The van der Waals surface area contributed by atoms with Crippen molar-refractivity contribution in [2.24, 2.45) is 11.7 Å². The minimum atomic E-state index is 0.168. The van der Waals surface area contributed by atoms with E-state index in [0.29, 0.717) is 12.5 Å². The number of rotatable bonds is 1. The predicted molar refractivity (Wildman–Crippen MR) is 37.1 cm³/mol. The normalized spacial score (nSPS) is 34.9. The zero-order valence-corrected chi connectivity index (χ0v) is 5.71. The van der Waals surface area contributed by atoms with Crippen LogP contribution in [0.4, 0.5) is 0 Å². The lowest BCUT2D eigenvalue weighted by atomic mass is 10.1. The monoisotopic (exact) mass is 127 g/mol. The fraction of sp³-hybridized carbons (Fsp3) is 0.714. The number of hydrogen-bond donors (Lipinski definition) is 1. The van der Waals surface area contributed by atoms with Gasteiger partial charge in [-0.1, -0.05) is 19.1 Å². The summed E-state index contributed by atoms with van der Waals surface area (Å²) in [6.07, 6.45) is 4.36. The highest BCUT2D eigenvalue weighted by molar-refractivity contribution is 4.96. The molecule has 1 rings (SSSR count). The minimum Gasteiger partial charge on any atom is -0.372 e. The van der Waals surface area contributed by atoms with E-state index in [2.05, 4.69) is 13.0 Å². The van der Waals surface area contributed by atoms with E-state index in [0.717, 1.165) is 6.61 Å². The van der Waals surface area contributed by atoms with Crippen LogP contribution in [0.25, 0.3) is 0 Å². The van der Waals surface area contributed by atoms with Gasteiger partial charge in [0.1, 0.15) is 0 Å². The van der Waals surface area contributed by atoms with Crippen LogP contribution in [0.15, 0.2) is 12.2 Å². The van der Waals surface area contributed by atoms with Gasteiger partial charge in [0.05, 0.1) is 12.7 Å². The first kappa shape index (κ1) is 6.78. The Morgan fingerprint density at radius 2 is 2.44 bits per heavy atom. The molecule has 1 aliphatic rings. The topological polar surface area (TPSA) is 35.2 Å². The Bertz CT molecular complexity index is 111. The van der Waals surface area contributed by atoms with E-state index in [9.17, 15) is 0 Å². The second-order valence-electron chi connectivity index (χ2n) is 2.47. The third-order valence-corrected chi connectivity index (χ3v) is 1.46. The van der Waals surface area contributed by atoms with Crippen LogP contribution in [0, 0.1) is 5.92 Å². The molecule has 2 unspecified atom stereocenters. The Balaban J connectivity index is 2.38. The highest BCUT2D eigenvalue weighted by Gasteiger charge is 2.09. The standard InChI is InChI=1S/C7H13NO/c1-6-2-3-7(4-8)9-5-6/h2-3,6-7H,4-5,8H2,1H3. The Kier molecular flexibility index (Phi) is 2.25. The molecule has 52 valence electrons. The molecule has 0 aliphatic carbocycles. The Morgan fingerprint density at radius 3 is 2.89 bits per heavy atom. The van der Waals surface area contributed by atoms with Crippen molar-refractivity contribution in [3.05, 3.63) is 12.2 Å². The molecular weight excluding hydrogens is 114 g/mol. The Hall–Kier alpha value is -0.340. The van der Waals surface area contributed by atoms with Crippen LogP contribution in [0.3, 0.4) is 0 Å². The van der Waals surface area contributed by atoms with Gasteiger partial charge in [-0.05, 0) is 5.92 Å². The zero-order chi connectivity index (χ0) is 6.69. The second-order valence-corrected chi connectivity index (χ2v) is 2.47. The lowest BCUT2D eigenvalue weighted by Gasteiger charge is -2.19. The predicted octanol–water partition coefficient (Wildman–Crippen LogP) is 0.536. The highest BCUT2D eigenvalue weighted by atomic mass is 16.5.